The van der Waals surface area contributed by atoms with Gasteiger partial charge in [-0.3, -0.25) is 0 Å². The minimum Gasteiger partial charge on any atom is -0.313 e. The van der Waals surface area contributed by atoms with E-state index < -0.39 is 17.7 Å². The second-order valence-corrected chi connectivity index (χ2v) is 4.83. The van der Waals surface area contributed by atoms with Crippen molar-refractivity contribution in [2.24, 2.45) is 0 Å². The molecule has 0 radical (unpaired) electrons. The molecule has 1 unspecified atom stereocenters. The van der Waals surface area contributed by atoms with Crippen molar-refractivity contribution in [2.45, 2.75) is 12.5 Å². The van der Waals surface area contributed by atoms with Crippen LogP contribution in [0, 0.1) is 17.5 Å². The molecule has 0 saturated carbocycles. The van der Waals surface area contributed by atoms with Crippen molar-refractivity contribution in [1.82, 2.24) is 5.32 Å². The second-order valence-electron chi connectivity index (χ2n) is 4.42. The number of nitrogens with one attached hydrogen (secondary N) is 1. The molecule has 0 aliphatic carbocycles. The largest absolute Gasteiger partial charge is 0.313 e. The molecule has 0 aliphatic rings. The molecular formula is C15H13ClF3N. The van der Waals surface area contributed by atoms with Gasteiger partial charge in [0, 0.05) is 11.6 Å². The Morgan fingerprint density at radius 2 is 1.75 bits per heavy atom. The zero-order chi connectivity index (χ0) is 14.7. The lowest BCUT2D eigenvalue weighted by Gasteiger charge is -2.18. The molecule has 2 aromatic rings. The van der Waals surface area contributed by atoms with Crippen molar-refractivity contribution in [3.05, 3.63) is 70.0 Å². The highest BCUT2D eigenvalue weighted by Gasteiger charge is 2.18. The topological polar surface area (TPSA) is 12.0 Å². The fourth-order valence-electron chi connectivity index (χ4n) is 2.06. The summed E-state index contributed by atoms with van der Waals surface area (Å²) in [7, 11) is 1.61. The Morgan fingerprint density at radius 3 is 2.40 bits per heavy atom. The molecule has 0 saturated heterocycles. The van der Waals surface area contributed by atoms with Crippen LogP contribution < -0.4 is 5.32 Å². The fraction of sp³-hybridized carbons (Fsp3) is 0.200. The molecule has 0 heterocycles. The highest BCUT2D eigenvalue weighted by atomic mass is 35.5. The molecular weight excluding hydrogens is 287 g/mol. The van der Waals surface area contributed by atoms with Gasteiger partial charge in [0.2, 0.25) is 0 Å². The molecule has 0 amide bonds. The Kier molecular flexibility index (Phi) is 4.68. The molecule has 1 nitrogen and oxygen atoms in total. The maximum Gasteiger partial charge on any atom is 0.142 e. The van der Waals surface area contributed by atoms with Crippen LogP contribution in [0.3, 0.4) is 0 Å². The first-order chi connectivity index (χ1) is 9.52. The zero-order valence-corrected chi connectivity index (χ0v) is 11.5. The van der Waals surface area contributed by atoms with E-state index in [1.165, 1.54) is 6.07 Å². The monoisotopic (exact) mass is 299 g/mol. The Labute approximate surface area is 120 Å². The third-order valence-corrected chi connectivity index (χ3v) is 3.44. The first kappa shape index (κ1) is 14.9. The van der Waals surface area contributed by atoms with Crippen LogP contribution in [0.1, 0.15) is 17.2 Å². The van der Waals surface area contributed by atoms with Crippen molar-refractivity contribution in [2.75, 3.05) is 7.05 Å². The predicted octanol–water partition coefficient (Wildman–Crippen LogP) is 4.26. The van der Waals surface area contributed by atoms with Gasteiger partial charge < -0.3 is 5.32 Å². The van der Waals surface area contributed by atoms with Gasteiger partial charge in [0.15, 0.2) is 0 Å². The summed E-state index contributed by atoms with van der Waals surface area (Å²) in [5, 5.41) is 2.59. The minimum absolute atomic E-state index is 0.123. The SMILES string of the molecule is CNC(Cc1ccccc1F)c1cc(F)c(Cl)cc1F. The summed E-state index contributed by atoms with van der Waals surface area (Å²) in [6.07, 6.45) is 0.209. The molecule has 2 aromatic carbocycles. The summed E-state index contributed by atoms with van der Waals surface area (Å²) in [6, 6.07) is 7.65. The molecule has 1 N–H and O–H groups in total. The maximum atomic E-state index is 13.9. The smallest absolute Gasteiger partial charge is 0.142 e. The molecule has 0 spiro atoms. The third kappa shape index (κ3) is 3.14. The van der Waals surface area contributed by atoms with Crippen LogP contribution in [0.15, 0.2) is 36.4 Å². The van der Waals surface area contributed by atoms with Crippen LogP contribution >= 0.6 is 11.6 Å². The van der Waals surface area contributed by atoms with Crippen molar-refractivity contribution < 1.29 is 13.2 Å². The number of hydrogen-bond donors (Lipinski definition) is 1. The van der Waals surface area contributed by atoms with Crippen molar-refractivity contribution >= 4 is 11.6 Å². The number of likely N-dealkylation sites (N-methyl/N-ethyl adjacent to an activating group) is 1. The molecule has 1 atom stereocenters. The lowest BCUT2D eigenvalue weighted by Crippen LogP contribution is -2.21. The van der Waals surface area contributed by atoms with E-state index in [0.717, 1.165) is 12.1 Å². The Hall–Kier alpha value is -1.52. The molecule has 0 aromatic heterocycles. The first-order valence-corrected chi connectivity index (χ1v) is 6.46. The number of hydrogen-bond acceptors (Lipinski definition) is 1. The molecule has 0 bridgehead atoms. The predicted molar refractivity (Wildman–Crippen MR) is 73.3 cm³/mol. The average molecular weight is 300 g/mol. The van der Waals surface area contributed by atoms with Gasteiger partial charge in [0.25, 0.3) is 0 Å². The standard InChI is InChI=1S/C15H13ClF3N/c1-20-15(6-9-4-2-3-5-12(9)17)10-7-14(19)11(16)8-13(10)18/h2-5,7-8,15,20H,6H2,1H3. The van der Waals surface area contributed by atoms with Gasteiger partial charge >= 0.3 is 0 Å². The van der Waals surface area contributed by atoms with Crippen molar-refractivity contribution in [3.63, 3.8) is 0 Å². The highest BCUT2D eigenvalue weighted by molar-refractivity contribution is 6.30. The van der Waals surface area contributed by atoms with Crippen molar-refractivity contribution in [1.29, 1.82) is 0 Å². The van der Waals surface area contributed by atoms with Crippen LogP contribution in [0.5, 0.6) is 0 Å². The Morgan fingerprint density at radius 1 is 1.05 bits per heavy atom. The van der Waals surface area contributed by atoms with E-state index >= 15 is 0 Å². The van der Waals surface area contributed by atoms with E-state index in [9.17, 15) is 13.2 Å². The van der Waals surface area contributed by atoms with Crippen LogP contribution in [0.25, 0.3) is 0 Å². The third-order valence-electron chi connectivity index (χ3n) is 3.15. The molecule has 2 rings (SSSR count). The minimum atomic E-state index is -0.697. The second kappa shape index (κ2) is 6.29. The van der Waals surface area contributed by atoms with Gasteiger partial charge in [-0.25, -0.2) is 13.2 Å². The number of benzene rings is 2. The maximum absolute atomic E-state index is 13.9. The van der Waals surface area contributed by atoms with Crippen LogP contribution in [-0.2, 0) is 6.42 Å². The fourth-order valence-corrected chi connectivity index (χ4v) is 2.21. The first-order valence-electron chi connectivity index (χ1n) is 6.08. The summed E-state index contributed by atoms with van der Waals surface area (Å²) >= 11 is 5.52. The van der Waals surface area contributed by atoms with E-state index in [-0.39, 0.29) is 22.8 Å². The van der Waals surface area contributed by atoms with Gasteiger partial charge in [-0.05, 0) is 37.2 Å². The molecule has 0 fully saturated rings. The van der Waals surface area contributed by atoms with Crippen LogP contribution in [0.4, 0.5) is 13.2 Å². The quantitative estimate of drug-likeness (QED) is 0.832. The molecule has 5 heteroatoms. The molecule has 0 aliphatic heterocycles. The lowest BCUT2D eigenvalue weighted by atomic mass is 9.98. The van der Waals surface area contributed by atoms with E-state index in [1.54, 1.807) is 25.2 Å². The van der Waals surface area contributed by atoms with E-state index in [4.69, 9.17) is 11.6 Å². The summed E-state index contributed by atoms with van der Waals surface area (Å²) in [5.41, 5.74) is 0.555. The van der Waals surface area contributed by atoms with Gasteiger partial charge in [-0.2, -0.15) is 0 Å². The van der Waals surface area contributed by atoms with E-state index in [0.29, 0.717) is 5.56 Å². The zero-order valence-electron chi connectivity index (χ0n) is 10.8. The van der Waals surface area contributed by atoms with Gasteiger partial charge in [-0.1, -0.05) is 29.8 Å². The normalized spacial score (nSPS) is 12.4. The van der Waals surface area contributed by atoms with Gasteiger partial charge in [-0.15, -0.1) is 0 Å². The average Bonchev–Trinajstić information content (AvgIpc) is 2.42. The van der Waals surface area contributed by atoms with Crippen LogP contribution in [0.2, 0.25) is 5.02 Å². The summed E-state index contributed by atoms with van der Waals surface area (Å²) in [5.74, 6) is -1.69. The van der Waals surface area contributed by atoms with E-state index in [1.807, 2.05) is 0 Å². The Bertz CT molecular complexity index is 616. The molecule has 20 heavy (non-hydrogen) atoms. The summed E-state index contributed by atoms with van der Waals surface area (Å²) < 4.78 is 41.0. The van der Waals surface area contributed by atoms with Gasteiger partial charge in [0.05, 0.1) is 5.02 Å². The van der Waals surface area contributed by atoms with Crippen LogP contribution in [-0.4, -0.2) is 7.05 Å². The van der Waals surface area contributed by atoms with E-state index in [2.05, 4.69) is 5.32 Å². The highest BCUT2D eigenvalue weighted by Crippen LogP contribution is 2.26. The Balaban J connectivity index is 2.34. The number of halogens is 4. The number of rotatable bonds is 4. The summed E-state index contributed by atoms with van der Waals surface area (Å²) in [4.78, 5) is 0. The lowest BCUT2D eigenvalue weighted by molar-refractivity contribution is 0.511. The molecule has 106 valence electrons. The van der Waals surface area contributed by atoms with Crippen molar-refractivity contribution in [3.8, 4) is 0 Å². The van der Waals surface area contributed by atoms with Gasteiger partial charge in [0.1, 0.15) is 17.5 Å². The summed E-state index contributed by atoms with van der Waals surface area (Å²) in [6.45, 7) is 0.